The molecule has 0 saturated carbocycles. The number of rotatable bonds is 14. The van der Waals surface area contributed by atoms with E-state index in [-0.39, 0.29) is 12.8 Å². The van der Waals surface area contributed by atoms with Crippen LogP contribution in [0.15, 0.2) is 60.8 Å². The van der Waals surface area contributed by atoms with E-state index in [4.69, 9.17) is 11.5 Å². The highest BCUT2D eigenvalue weighted by atomic mass is 16.4. The first-order chi connectivity index (χ1) is 19.5. The molecule has 4 unspecified atom stereocenters. The Balaban J connectivity index is 1.76. The highest BCUT2D eigenvalue weighted by Crippen LogP contribution is 2.19. The van der Waals surface area contributed by atoms with Gasteiger partial charge in [-0.2, -0.15) is 0 Å². The maximum atomic E-state index is 13.4. The number of aromatic amines is 1. The molecule has 0 aliphatic carbocycles. The van der Waals surface area contributed by atoms with Crippen LogP contribution in [-0.4, -0.2) is 63.9 Å². The number of nitrogens with one attached hydrogen (secondary N) is 4. The van der Waals surface area contributed by atoms with E-state index in [1.54, 1.807) is 50.4 Å². The zero-order chi connectivity index (χ0) is 30.1. The van der Waals surface area contributed by atoms with Crippen LogP contribution in [0, 0.1) is 5.92 Å². The van der Waals surface area contributed by atoms with Crippen molar-refractivity contribution in [3.63, 3.8) is 0 Å². The summed E-state index contributed by atoms with van der Waals surface area (Å²) in [7, 11) is 0. The van der Waals surface area contributed by atoms with Crippen LogP contribution in [0.1, 0.15) is 31.4 Å². The molecule has 12 nitrogen and oxygen atoms in total. The van der Waals surface area contributed by atoms with E-state index in [0.29, 0.717) is 0 Å². The van der Waals surface area contributed by atoms with E-state index in [0.717, 1.165) is 22.0 Å². The van der Waals surface area contributed by atoms with Gasteiger partial charge in [-0.1, -0.05) is 62.4 Å². The summed E-state index contributed by atoms with van der Waals surface area (Å²) in [6.45, 7) is 3.40. The monoisotopic (exact) mass is 564 g/mol. The Morgan fingerprint density at radius 1 is 0.829 bits per heavy atom. The van der Waals surface area contributed by atoms with Crippen molar-refractivity contribution in [3.8, 4) is 0 Å². The Kier molecular flexibility index (Phi) is 10.6. The maximum absolute atomic E-state index is 13.4. The molecule has 0 fully saturated rings. The third-order valence-electron chi connectivity index (χ3n) is 6.63. The number of carboxylic acid groups (broad SMARTS) is 1. The number of H-pyrrole nitrogens is 1. The van der Waals surface area contributed by atoms with Gasteiger partial charge in [-0.25, -0.2) is 4.79 Å². The van der Waals surface area contributed by atoms with Gasteiger partial charge in [0.2, 0.25) is 23.6 Å². The molecule has 2 aromatic carbocycles. The number of carbonyl (C=O) groups is 5. The van der Waals surface area contributed by atoms with Crippen molar-refractivity contribution in [2.45, 2.75) is 57.3 Å². The standard InChI is InChI=1S/C29H36N6O6/c1-16(2)25(28(39)34-23(29(40)41)13-18-15-32-21-11-7-6-10-19(18)21)35-27(38)22(12-17-8-4-3-5-9-17)33-26(37)20(30)14-24(31)36/h3-11,15-16,20,22-23,25,32H,12-14,30H2,1-2H3,(H2,31,36)(H,33,37)(H,34,39)(H,35,38)(H,40,41). The van der Waals surface area contributed by atoms with Crippen molar-refractivity contribution in [2.75, 3.05) is 0 Å². The first kappa shape index (κ1) is 30.8. The van der Waals surface area contributed by atoms with Crippen LogP contribution in [0.2, 0.25) is 0 Å². The minimum atomic E-state index is -1.26. The highest BCUT2D eigenvalue weighted by molar-refractivity contribution is 5.95. The topological polar surface area (TPSA) is 209 Å². The maximum Gasteiger partial charge on any atom is 0.326 e. The molecule has 0 bridgehead atoms. The van der Waals surface area contributed by atoms with Crippen molar-refractivity contribution >= 4 is 40.5 Å². The molecule has 0 aliphatic heterocycles. The fourth-order valence-corrected chi connectivity index (χ4v) is 4.42. The molecule has 41 heavy (non-hydrogen) atoms. The third-order valence-corrected chi connectivity index (χ3v) is 6.63. The molecule has 1 heterocycles. The van der Waals surface area contributed by atoms with Gasteiger partial charge in [0.15, 0.2) is 0 Å². The number of benzene rings is 2. The van der Waals surface area contributed by atoms with Crippen LogP contribution in [-0.2, 0) is 36.8 Å². The fraction of sp³-hybridized carbons (Fsp3) is 0.345. The van der Waals surface area contributed by atoms with Gasteiger partial charge in [-0.3, -0.25) is 19.2 Å². The molecule has 9 N–H and O–H groups in total. The lowest BCUT2D eigenvalue weighted by atomic mass is 9.99. The number of primary amides is 1. The summed E-state index contributed by atoms with van der Waals surface area (Å²) in [5, 5.41) is 18.5. The number of nitrogens with two attached hydrogens (primary N) is 2. The molecule has 0 aliphatic rings. The summed E-state index contributed by atoms with van der Waals surface area (Å²) < 4.78 is 0. The molecule has 0 radical (unpaired) electrons. The Bertz CT molecular complexity index is 1390. The number of amides is 4. The average molecular weight is 565 g/mol. The largest absolute Gasteiger partial charge is 0.480 e. The van der Waals surface area contributed by atoms with Gasteiger partial charge < -0.3 is 37.5 Å². The van der Waals surface area contributed by atoms with E-state index in [1.807, 2.05) is 24.3 Å². The minimum Gasteiger partial charge on any atom is -0.480 e. The number of aliphatic carboxylic acids is 1. The van der Waals surface area contributed by atoms with Crippen molar-refractivity contribution in [1.82, 2.24) is 20.9 Å². The van der Waals surface area contributed by atoms with Gasteiger partial charge in [0.25, 0.3) is 0 Å². The van der Waals surface area contributed by atoms with Gasteiger partial charge in [0, 0.05) is 29.9 Å². The van der Waals surface area contributed by atoms with E-state index < -0.39 is 66.1 Å². The van der Waals surface area contributed by atoms with Crippen LogP contribution in [0.25, 0.3) is 10.9 Å². The first-order valence-corrected chi connectivity index (χ1v) is 13.2. The van der Waals surface area contributed by atoms with Gasteiger partial charge >= 0.3 is 5.97 Å². The van der Waals surface area contributed by atoms with Crippen molar-refractivity contribution < 1.29 is 29.1 Å². The number of hydrogen-bond donors (Lipinski definition) is 7. The quantitative estimate of drug-likeness (QED) is 0.146. The SMILES string of the molecule is CC(C)C(NC(=O)C(Cc1ccccc1)NC(=O)C(N)CC(N)=O)C(=O)NC(Cc1c[nH]c2ccccc12)C(=O)O. The van der Waals surface area contributed by atoms with E-state index >= 15 is 0 Å². The minimum absolute atomic E-state index is 0.0221. The summed E-state index contributed by atoms with van der Waals surface area (Å²) in [6.07, 6.45) is 1.39. The third kappa shape index (κ3) is 8.64. The lowest BCUT2D eigenvalue weighted by Crippen LogP contribution is -2.59. The summed E-state index contributed by atoms with van der Waals surface area (Å²) in [4.78, 5) is 65.7. The highest BCUT2D eigenvalue weighted by Gasteiger charge is 2.32. The molecule has 218 valence electrons. The first-order valence-electron chi connectivity index (χ1n) is 13.2. The smallest absolute Gasteiger partial charge is 0.326 e. The molecule has 0 saturated heterocycles. The summed E-state index contributed by atoms with van der Waals surface area (Å²) in [5.41, 5.74) is 13.2. The fourth-order valence-electron chi connectivity index (χ4n) is 4.42. The summed E-state index contributed by atoms with van der Waals surface area (Å²) >= 11 is 0. The number of hydrogen-bond acceptors (Lipinski definition) is 6. The van der Waals surface area contributed by atoms with E-state index in [2.05, 4.69) is 20.9 Å². The lowest BCUT2D eigenvalue weighted by molar-refractivity contribution is -0.142. The van der Waals surface area contributed by atoms with E-state index in [1.165, 1.54) is 0 Å². The molecule has 4 amide bonds. The molecule has 3 rings (SSSR count). The average Bonchev–Trinajstić information content (AvgIpc) is 3.33. The Morgan fingerprint density at radius 2 is 1.46 bits per heavy atom. The number of fused-ring (bicyclic) bond motifs is 1. The second-order valence-corrected chi connectivity index (χ2v) is 10.2. The molecule has 3 aromatic rings. The molecule has 0 spiro atoms. The van der Waals surface area contributed by atoms with Crippen molar-refractivity contribution in [3.05, 3.63) is 71.9 Å². The normalized spacial score (nSPS) is 14.0. The van der Waals surface area contributed by atoms with E-state index in [9.17, 15) is 29.1 Å². The van der Waals surface area contributed by atoms with Crippen LogP contribution in [0.4, 0.5) is 0 Å². The van der Waals surface area contributed by atoms with Crippen molar-refractivity contribution in [1.29, 1.82) is 0 Å². The molecule has 12 heteroatoms. The number of carbonyl (C=O) groups excluding carboxylic acids is 4. The van der Waals surface area contributed by atoms with Crippen LogP contribution >= 0.6 is 0 Å². The van der Waals surface area contributed by atoms with Crippen LogP contribution in [0.3, 0.4) is 0 Å². The Hall–Kier alpha value is -4.71. The zero-order valence-electron chi connectivity index (χ0n) is 22.9. The number of para-hydroxylation sites is 1. The summed E-state index contributed by atoms with van der Waals surface area (Å²) in [5.74, 6) is -4.53. The van der Waals surface area contributed by atoms with Crippen molar-refractivity contribution in [2.24, 2.45) is 17.4 Å². The Labute approximate surface area is 237 Å². The second kappa shape index (κ2) is 14.1. The predicted molar refractivity (Wildman–Crippen MR) is 152 cm³/mol. The van der Waals surface area contributed by atoms with Crippen LogP contribution in [0.5, 0.6) is 0 Å². The van der Waals surface area contributed by atoms with Gasteiger partial charge in [-0.05, 0) is 23.1 Å². The summed E-state index contributed by atoms with van der Waals surface area (Å²) in [6, 6.07) is 11.5. The van der Waals surface area contributed by atoms with Gasteiger partial charge in [0.05, 0.1) is 12.5 Å². The molecular weight excluding hydrogens is 528 g/mol. The predicted octanol–water partition coefficient (Wildman–Crippen LogP) is 0.351. The number of aromatic nitrogens is 1. The molecule has 4 atom stereocenters. The Morgan fingerprint density at radius 3 is 2.10 bits per heavy atom. The van der Waals surface area contributed by atoms with Crippen LogP contribution < -0.4 is 27.4 Å². The number of carboxylic acids is 1. The molecular formula is C29H36N6O6. The zero-order valence-corrected chi connectivity index (χ0v) is 22.9. The second-order valence-electron chi connectivity index (χ2n) is 10.2. The van der Waals surface area contributed by atoms with Gasteiger partial charge in [0.1, 0.15) is 18.1 Å². The molecule has 1 aromatic heterocycles. The lowest BCUT2D eigenvalue weighted by Gasteiger charge is -2.27. The van der Waals surface area contributed by atoms with Gasteiger partial charge in [-0.15, -0.1) is 0 Å².